The van der Waals surface area contributed by atoms with Crippen molar-refractivity contribution in [2.75, 3.05) is 26.3 Å². The molecule has 0 radical (unpaired) electrons. The predicted octanol–water partition coefficient (Wildman–Crippen LogP) is 2.00. The van der Waals surface area contributed by atoms with Gasteiger partial charge < -0.3 is 10.1 Å². The van der Waals surface area contributed by atoms with Crippen LogP contribution in [-0.4, -0.2) is 46.7 Å². The SMILES string of the molecule is O=C(CCn1cnc2sccc2c1=O)NCc1ccc(CN2CCOCC2)cc1. The average Bonchev–Trinajstić information content (AvgIpc) is 3.23. The number of aromatic nitrogens is 2. The van der Waals surface area contributed by atoms with Gasteiger partial charge >= 0.3 is 0 Å². The molecule has 1 aliphatic rings. The second kappa shape index (κ2) is 9.30. The number of thiophene rings is 1. The number of rotatable bonds is 7. The lowest BCUT2D eigenvalue weighted by molar-refractivity contribution is -0.121. The lowest BCUT2D eigenvalue weighted by Crippen LogP contribution is -2.35. The van der Waals surface area contributed by atoms with E-state index >= 15 is 0 Å². The van der Waals surface area contributed by atoms with E-state index < -0.39 is 0 Å². The molecule has 1 N–H and O–H groups in total. The van der Waals surface area contributed by atoms with E-state index in [9.17, 15) is 9.59 Å². The molecule has 2 aromatic heterocycles. The molecule has 0 aliphatic carbocycles. The first-order valence-corrected chi connectivity index (χ1v) is 10.6. The fourth-order valence-corrected chi connectivity index (χ4v) is 4.07. The molecule has 0 bridgehead atoms. The highest BCUT2D eigenvalue weighted by Crippen LogP contribution is 2.13. The first kappa shape index (κ1) is 19.8. The van der Waals surface area contributed by atoms with Crippen LogP contribution in [0.5, 0.6) is 0 Å². The normalized spacial score (nSPS) is 14.9. The fraction of sp³-hybridized carbons (Fsp3) is 0.381. The number of carbonyl (C=O) groups is 1. The zero-order valence-electron chi connectivity index (χ0n) is 16.2. The van der Waals surface area contributed by atoms with Crippen LogP contribution in [0.25, 0.3) is 10.2 Å². The predicted molar refractivity (Wildman–Crippen MR) is 113 cm³/mol. The maximum absolute atomic E-state index is 12.3. The Morgan fingerprint density at radius 1 is 1.14 bits per heavy atom. The van der Waals surface area contributed by atoms with Crippen molar-refractivity contribution in [2.24, 2.45) is 0 Å². The highest BCUT2D eigenvalue weighted by molar-refractivity contribution is 7.16. The molecule has 29 heavy (non-hydrogen) atoms. The van der Waals surface area contributed by atoms with Crippen LogP contribution in [0, 0.1) is 0 Å². The molecule has 1 fully saturated rings. The average molecular weight is 413 g/mol. The molecular formula is C21H24N4O3S. The van der Waals surface area contributed by atoms with Gasteiger partial charge in [0.05, 0.1) is 24.9 Å². The molecule has 1 aliphatic heterocycles. The van der Waals surface area contributed by atoms with E-state index in [1.54, 1.807) is 6.07 Å². The summed E-state index contributed by atoms with van der Waals surface area (Å²) in [5.41, 5.74) is 2.22. The van der Waals surface area contributed by atoms with Gasteiger partial charge in [-0.15, -0.1) is 11.3 Å². The minimum absolute atomic E-state index is 0.0836. The van der Waals surface area contributed by atoms with Gasteiger partial charge in [-0.1, -0.05) is 24.3 Å². The monoisotopic (exact) mass is 412 g/mol. The van der Waals surface area contributed by atoms with Crippen LogP contribution in [-0.2, 0) is 29.2 Å². The summed E-state index contributed by atoms with van der Waals surface area (Å²) in [6.07, 6.45) is 1.76. The number of benzene rings is 1. The summed E-state index contributed by atoms with van der Waals surface area (Å²) in [4.78, 5) is 31.9. The van der Waals surface area contributed by atoms with Gasteiger partial charge in [0.1, 0.15) is 4.83 Å². The Hall–Kier alpha value is -2.55. The van der Waals surface area contributed by atoms with Gasteiger partial charge in [0.2, 0.25) is 5.91 Å². The number of nitrogens with zero attached hydrogens (tertiary/aromatic N) is 3. The third kappa shape index (κ3) is 5.09. The van der Waals surface area contributed by atoms with Crippen LogP contribution in [0.3, 0.4) is 0 Å². The van der Waals surface area contributed by atoms with Gasteiger partial charge in [0, 0.05) is 39.1 Å². The van der Waals surface area contributed by atoms with Crippen molar-refractivity contribution in [2.45, 2.75) is 26.1 Å². The summed E-state index contributed by atoms with van der Waals surface area (Å²) in [7, 11) is 0. The standard InChI is InChI=1S/C21H24N4O3S/c26-19(5-7-25-15-23-20-18(21(25)27)6-12-29-20)22-13-16-1-3-17(4-2-16)14-24-8-10-28-11-9-24/h1-4,6,12,15H,5,7-11,13-14H2,(H,22,26). The molecule has 0 unspecified atom stereocenters. The summed E-state index contributed by atoms with van der Waals surface area (Å²) < 4.78 is 6.87. The van der Waals surface area contributed by atoms with E-state index in [1.807, 2.05) is 5.38 Å². The number of ether oxygens (including phenoxy) is 1. The molecule has 0 spiro atoms. The molecule has 0 atom stereocenters. The number of nitrogens with one attached hydrogen (secondary N) is 1. The minimum Gasteiger partial charge on any atom is -0.379 e. The van der Waals surface area contributed by atoms with Gasteiger partial charge in [-0.25, -0.2) is 4.98 Å². The number of hydrogen-bond acceptors (Lipinski definition) is 6. The highest BCUT2D eigenvalue weighted by Gasteiger charge is 2.11. The molecule has 8 heteroatoms. The third-order valence-electron chi connectivity index (χ3n) is 5.05. The summed E-state index contributed by atoms with van der Waals surface area (Å²) in [5.74, 6) is -0.0836. The van der Waals surface area contributed by atoms with E-state index in [0.29, 0.717) is 18.5 Å². The number of aryl methyl sites for hydroxylation is 1. The van der Waals surface area contributed by atoms with Crippen molar-refractivity contribution in [3.05, 3.63) is 63.5 Å². The lowest BCUT2D eigenvalue weighted by atomic mass is 10.1. The summed E-state index contributed by atoms with van der Waals surface area (Å²) in [5, 5.41) is 5.38. The van der Waals surface area contributed by atoms with Crippen molar-refractivity contribution in [1.82, 2.24) is 19.8 Å². The third-order valence-corrected chi connectivity index (χ3v) is 5.87. The summed E-state index contributed by atoms with van der Waals surface area (Å²) >= 11 is 1.44. The van der Waals surface area contributed by atoms with Gasteiger partial charge in [-0.3, -0.25) is 19.1 Å². The minimum atomic E-state index is -0.0973. The maximum atomic E-state index is 12.3. The van der Waals surface area contributed by atoms with E-state index in [-0.39, 0.29) is 17.9 Å². The zero-order chi connectivity index (χ0) is 20.1. The molecule has 0 saturated carbocycles. The molecule has 3 heterocycles. The van der Waals surface area contributed by atoms with Crippen LogP contribution in [0.15, 0.2) is 46.8 Å². The molecule has 1 amide bonds. The van der Waals surface area contributed by atoms with Crippen LogP contribution >= 0.6 is 11.3 Å². The van der Waals surface area contributed by atoms with Gasteiger partial charge in [-0.2, -0.15) is 0 Å². The first-order valence-electron chi connectivity index (χ1n) is 9.76. The number of carbonyl (C=O) groups excluding carboxylic acids is 1. The van der Waals surface area contributed by atoms with E-state index in [4.69, 9.17) is 4.74 Å². The van der Waals surface area contributed by atoms with Crippen molar-refractivity contribution in [3.8, 4) is 0 Å². The Balaban J connectivity index is 1.24. The topological polar surface area (TPSA) is 76.5 Å². The van der Waals surface area contributed by atoms with Gasteiger partial charge in [-0.05, 0) is 22.6 Å². The lowest BCUT2D eigenvalue weighted by Gasteiger charge is -2.26. The fourth-order valence-electron chi connectivity index (χ4n) is 3.34. The molecule has 1 saturated heterocycles. The van der Waals surface area contributed by atoms with Crippen molar-refractivity contribution >= 4 is 27.5 Å². The smallest absolute Gasteiger partial charge is 0.262 e. The van der Waals surface area contributed by atoms with Crippen LogP contribution in [0.4, 0.5) is 0 Å². The Bertz CT molecular complexity index is 1020. The van der Waals surface area contributed by atoms with Gasteiger partial charge in [0.25, 0.3) is 5.56 Å². The Morgan fingerprint density at radius 2 is 1.90 bits per heavy atom. The summed E-state index contributed by atoms with van der Waals surface area (Å²) in [6.45, 7) is 5.26. The van der Waals surface area contributed by atoms with E-state index in [1.165, 1.54) is 27.8 Å². The van der Waals surface area contributed by atoms with Gasteiger partial charge in [0.15, 0.2) is 0 Å². The Morgan fingerprint density at radius 3 is 2.69 bits per heavy atom. The van der Waals surface area contributed by atoms with E-state index in [0.717, 1.165) is 43.2 Å². The van der Waals surface area contributed by atoms with Crippen LogP contribution < -0.4 is 10.9 Å². The number of fused-ring (bicyclic) bond motifs is 1. The van der Waals surface area contributed by atoms with Crippen LogP contribution in [0.1, 0.15) is 17.5 Å². The largest absolute Gasteiger partial charge is 0.379 e. The second-order valence-corrected chi connectivity index (χ2v) is 8.01. The number of morpholine rings is 1. The quantitative estimate of drug-likeness (QED) is 0.642. The van der Waals surface area contributed by atoms with Crippen molar-refractivity contribution < 1.29 is 9.53 Å². The maximum Gasteiger partial charge on any atom is 0.262 e. The molecule has 3 aromatic rings. The Kier molecular flexibility index (Phi) is 6.33. The van der Waals surface area contributed by atoms with Crippen LogP contribution in [0.2, 0.25) is 0 Å². The van der Waals surface area contributed by atoms with E-state index in [2.05, 4.69) is 39.5 Å². The number of hydrogen-bond donors (Lipinski definition) is 1. The molecule has 1 aromatic carbocycles. The van der Waals surface area contributed by atoms with Crippen molar-refractivity contribution in [1.29, 1.82) is 0 Å². The zero-order valence-corrected chi connectivity index (χ0v) is 17.0. The molecular weight excluding hydrogens is 388 g/mol. The van der Waals surface area contributed by atoms with Crippen molar-refractivity contribution in [3.63, 3.8) is 0 Å². The molecule has 7 nitrogen and oxygen atoms in total. The second-order valence-electron chi connectivity index (χ2n) is 7.11. The highest BCUT2D eigenvalue weighted by atomic mass is 32.1. The summed E-state index contributed by atoms with van der Waals surface area (Å²) in [6, 6.07) is 10.1. The molecule has 4 rings (SSSR count). The number of amides is 1. The Labute approximate surface area is 172 Å². The first-order chi connectivity index (χ1) is 14.2. The molecule has 152 valence electrons.